The third kappa shape index (κ3) is 4.07. The van der Waals surface area contributed by atoms with Gasteiger partial charge in [0, 0.05) is 41.7 Å². The summed E-state index contributed by atoms with van der Waals surface area (Å²) >= 11 is 7.02. The molecule has 10 nitrogen and oxygen atoms in total. The molecule has 0 unspecified atom stereocenters. The molecule has 4 aromatic heterocycles. The Morgan fingerprint density at radius 1 is 1.14 bits per heavy atom. The Morgan fingerprint density at radius 2 is 1.89 bits per heavy atom. The van der Waals surface area contributed by atoms with Gasteiger partial charge in [-0.1, -0.05) is 38.1 Å². The maximum absolute atomic E-state index is 14.2. The lowest BCUT2D eigenvalue weighted by atomic mass is 9.60. The average molecular weight is 610 g/mol. The van der Waals surface area contributed by atoms with Crippen LogP contribution in [0.3, 0.4) is 0 Å². The summed E-state index contributed by atoms with van der Waals surface area (Å²) in [5, 5.41) is 8.44. The molecule has 0 bridgehead atoms. The number of amides is 1. The number of H-pyrrole nitrogens is 1. The fraction of sp³-hybridized carbons (Fsp3) is 0.333. The Labute approximate surface area is 258 Å². The molecule has 5 aromatic rings. The number of nitrogens with zero attached hydrogens (tertiary/aromatic N) is 6. The molecule has 1 aliphatic carbocycles. The van der Waals surface area contributed by atoms with Gasteiger partial charge < -0.3 is 4.90 Å². The molecule has 11 heteroatoms. The molecule has 1 spiro atoms. The van der Waals surface area contributed by atoms with Gasteiger partial charge in [-0.05, 0) is 68.0 Å². The summed E-state index contributed by atoms with van der Waals surface area (Å²) in [6.07, 6.45) is 6.12. The molecular weight excluding hydrogens is 578 g/mol. The Morgan fingerprint density at radius 3 is 2.59 bits per heavy atom. The monoisotopic (exact) mass is 609 g/mol. The molecule has 7 rings (SSSR count). The maximum atomic E-state index is 14.2. The second-order valence-electron chi connectivity index (χ2n) is 12.5. The van der Waals surface area contributed by atoms with Gasteiger partial charge in [-0.2, -0.15) is 5.10 Å². The van der Waals surface area contributed by atoms with Crippen LogP contribution in [0.4, 0.5) is 0 Å². The second-order valence-corrected chi connectivity index (χ2v) is 13.0. The number of nitrogens with one attached hydrogen (secondary N) is 1. The standard InChI is InChI=1S/C33H32ClN7O3/c1-6-25(42)39-15-33(16-39)12-20(13-33)40-24-11-22(34)28(26-18(4)7-8-23-21(26)14-36-38-23)37-30(24)41(32(44)31(40)43)29-19(5)9-10-35-27(29)17(2)3/h6-11,14,17,20H,1,12-13,15-16H2,2-5H3,(H,36,38). The van der Waals surface area contributed by atoms with Crippen LogP contribution in [0.1, 0.15) is 55.5 Å². The number of halogens is 1. The number of aryl methyl sites for hydroxylation is 2. The quantitative estimate of drug-likeness (QED) is 0.215. The first-order valence-electron chi connectivity index (χ1n) is 14.7. The van der Waals surface area contributed by atoms with Crippen LogP contribution >= 0.6 is 11.6 Å². The molecular formula is C33H32ClN7O3. The number of rotatable bonds is 5. The first-order chi connectivity index (χ1) is 21.0. The van der Waals surface area contributed by atoms with E-state index in [1.807, 2.05) is 45.9 Å². The van der Waals surface area contributed by atoms with Crippen LogP contribution in [0.2, 0.25) is 5.02 Å². The number of fused-ring (bicyclic) bond motifs is 2. The summed E-state index contributed by atoms with van der Waals surface area (Å²) in [5.41, 5.74) is 4.57. The number of aromatic nitrogens is 6. The van der Waals surface area contributed by atoms with Crippen LogP contribution in [0.5, 0.6) is 0 Å². The molecule has 224 valence electrons. The minimum atomic E-state index is -0.687. The summed E-state index contributed by atoms with van der Waals surface area (Å²) < 4.78 is 3.00. The van der Waals surface area contributed by atoms with Crippen molar-refractivity contribution in [1.29, 1.82) is 0 Å². The zero-order valence-electron chi connectivity index (χ0n) is 25.0. The van der Waals surface area contributed by atoms with E-state index in [0.29, 0.717) is 59.2 Å². The number of hydrogen-bond acceptors (Lipinski definition) is 6. The van der Waals surface area contributed by atoms with E-state index in [9.17, 15) is 14.4 Å². The zero-order chi connectivity index (χ0) is 31.1. The summed E-state index contributed by atoms with van der Waals surface area (Å²) in [4.78, 5) is 51.8. The SMILES string of the molecule is C=CC(=O)N1CC2(CC(n3c(=O)c(=O)n(-c4c(C)ccnc4C(C)C)c4nc(-c5c(C)ccc6[nH]ncc56)c(Cl)cc43)C2)C1. The Balaban J connectivity index is 1.49. The van der Waals surface area contributed by atoms with Crippen molar-refractivity contribution >= 4 is 39.6 Å². The summed E-state index contributed by atoms with van der Waals surface area (Å²) in [6, 6.07) is 7.29. The van der Waals surface area contributed by atoms with Crippen LogP contribution in [-0.2, 0) is 4.79 Å². The van der Waals surface area contributed by atoms with Crippen molar-refractivity contribution in [2.75, 3.05) is 13.1 Å². The molecule has 44 heavy (non-hydrogen) atoms. The Hall–Kier alpha value is -4.57. The second kappa shape index (κ2) is 9.99. The van der Waals surface area contributed by atoms with E-state index in [0.717, 1.165) is 27.6 Å². The minimum Gasteiger partial charge on any atom is -0.338 e. The van der Waals surface area contributed by atoms with Crippen LogP contribution in [0.15, 0.2) is 58.9 Å². The molecule has 0 radical (unpaired) electrons. The summed E-state index contributed by atoms with van der Waals surface area (Å²) in [6.45, 7) is 12.7. The largest absolute Gasteiger partial charge is 0.338 e. The van der Waals surface area contributed by atoms with Crippen LogP contribution in [0.25, 0.3) is 39.0 Å². The number of pyridine rings is 2. The van der Waals surface area contributed by atoms with E-state index in [-0.39, 0.29) is 23.3 Å². The van der Waals surface area contributed by atoms with Gasteiger partial charge in [0.15, 0.2) is 5.65 Å². The third-order valence-corrected chi connectivity index (χ3v) is 9.54. The number of carbonyl (C=O) groups is 1. The van der Waals surface area contributed by atoms with Crippen LogP contribution in [-0.4, -0.2) is 53.2 Å². The molecule has 1 saturated heterocycles. The van der Waals surface area contributed by atoms with Crippen molar-refractivity contribution in [1.82, 2.24) is 34.2 Å². The first kappa shape index (κ1) is 28.2. The summed E-state index contributed by atoms with van der Waals surface area (Å²) in [5.74, 6) is -0.113. The topological polar surface area (TPSA) is 119 Å². The van der Waals surface area contributed by atoms with Crippen molar-refractivity contribution in [2.24, 2.45) is 5.41 Å². The molecule has 1 N–H and O–H groups in total. The molecule has 1 saturated carbocycles. The van der Waals surface area contributed by atoms with E-state index in [2.05, 4.69) is 21.8 Å². The highest BCUT2D eigenvalue weighted by Crippen LogP contribution is 2.54. The first-order valence-corrected chi connectivity index (χ1v) is 15.1. The number of benzene rings is 1. The van der Waals surface area contributed by atoms with Gasteiger partial charge in [-0.25, -0.2) is 4.98 Å². The highest BCUT2D eigenvalue weighted by atomic mass is 35.5. The van der Waals surface area contributed by atoms with E-state index in [1.54, 1.807) is 27.9 Å². The van der Waals surface area contributed by atoms with E-state index in [4.69, 9.17) is 16.6 Å². The fourth-order valence-corrected chi connectivity index (χ4v) is 7.36. The number of carbonyl (C=O) groups excluding carboxylic acids is 1. The van der Waals surface area contributed by atoms with Gasteiger partial charge in [-0.3, -0.25) is 33.6 Å². The predicted molar refractivity (Wildman–Crippen MR) is 171 cm³/mol. The lowest BCUT2D eigenvalue weighted by molar-refractivity contribution is -0.148. The van der Waals surface area contributed by atoms with Gasteiger partial charge in [0.25, 0.3) is 0 Å². The maximum Gasteiger partial charge on any atom is 0.322 e. The van der Waals surface area contributed by atoms with Gasteiger partial charge in [0.2, 0.25) is 5.91 Å². The highest BCUT2D eigenvalue weighted by molar-refractivity contribution is 6.34. The van der Waals surface area contributed by atoms with Crippen LogP contribution in [0, 0.1) is 19.3 Å². The highest BCUT2D eigenvalue weighted by Gasteiger charge is 2.54. The zero-order valence-corrected chi connectivity index (χ0v) is 25.8. The molecule has 0 atom stereocenters. The van der Waals surface area contributed by atoms with Crippen molar-refractivity contribution in [3.05, 3.63) is 91.9 Å². The molecule has 1 aliphatic heterocycles. The number of hydrogen-bond donors (Lipinski definition) is 1. The normalized spacial score (nSPS) is 16.1. The van der Waals surface area contributed by atoms with E-state index >= 15 is 0 Å². The van der Waals surface area contributed by atoms with Crippen molar-refractivity contribution in [3.63, 3.8) is 0 Å². The van der Waals surface area contributed by atoms with Gasteiger partial charge in [0.1, 0.15) is 0 Å². The van der Waals surface area contributed by atoms with E-state index < -0.39 is 11.1 Å². The van der Waals surface area contributed by atoms with Crippen molar-refractivity contribution < 1.29 is 4.79 Å². The lowest BCUT2D eigenvalue weighted by Crippen LogP contribution is -2.64. The van der Waals surface area contributed by atoms with Gasteiger partial charge in [-0.15, -0.1) is 0 Å². The molecule has 2 fully saturated rings. The number of aromatic amines is 1. The Bertz CT molecular complexity index is 2150. The van der Waals surface area contributed by atoms with Crippen LogP contribution < -0.4 is 11.1 Å². The van der Waals surface area contributed by atoms with Crippen molar-refractivity contribution in [2.45, 2.75) is 52.5 Å². The molecule has 5 heterocycles. The number of likely N-dealkylation sites (tertiary alicyclic amines) is 1. The third-order valence-electron chi connectivity index (χ3n) is 9.25. The predicted octanol–water partition coefficient (Wildman–Crippen LogP) is 5.23. The van der Waals surface area contributed by atoms with Crippen molar-refractivity contribution in [3.8, 4) is 16.9 Å². The van der Waals surface area contributed by atoms with Gasteiger partial charge >= 0.3 is 11.1 Å². The summed E-state index contributed by atoms with van der Waals surface area (Å²) in [7, 11) is 0. The minimum absolute atomic E-state index is 0.0192. The van der Waals surface area contributed by atoms with Gasteiger partial charge in [0.05, 0.1) is 39.3 Å². The Kier molecular flexibility index (Phi) is 6.40. The fourth-order valence-electron chi connectivity index (χ4n) is 7.12. The van der Waals surface area contributed by atoms with E-state index in [1.165, 1.54) is 10.6 Å². The smallest absolute Gasteiger partial charge is 0.322 e. The lowest BCUT2D eigenvalue weighted by Gasteiger charge is -2.59. The average Bonchev–Trinajstić information content (AvgIpc) is 3.43. The molecule has 1 amide bonds. The molecule has 2 aliphatic rings. The molecule has 1 aromatic carbocycles.